The lowest BCUT2D eigenvalue weighted by molar-refractivity contribution is 0.0982. The highest BCUT2D eigenvalue weighted by Crippen LogP contribution is 2.32. The summed E-state index contributed by atoms with van der Waals surface area (Å²) in [4.78, 5) is 20.6. The molecule has 3 rings (SSSR count). The van der Waals surface area contributed by atoms with Crippen LogP contribution < -0.4 is 9.80 Å². The molecule has 0 bridgehead atoms. The normalized spacial score (nSPS) is 14.1. The number of halogens is 1. The third-order valence-electron chi connectivity index (χ3n) is 3.42. The first-order chi connectivity index (χ1) is 9.66. The van der Waals surface area contributed by atoms with Crippen LogP contribution in [0.4, 0.5) is 11.4 Å². The predicted octanol–water partition coefficient (Wildman–Crippen LogP) is 2.83. The summed E-state index contributed by atoms with van der Waals surface area (Å²) in [6, 6.07) is 13.0. The van der Waals surface area contributed by atoms with Gasteiger partial charge in [0.1, 0.15) is 10.8 Å². The van der Waals surface area contributed by atoms with E-state index in [1.165, 1.54) is 0 Å². The Balaban J connectivity index is 1.99. The summed E-state index contributed by atoms with van der Waals surface area (Å²) in [5.74, 6) is -0.118. The molecule has 4 nitrogen and oxygen atoms in total. The van der Waals surface area contributed by atoms with Gasteiger partial charge in [-0.25, -0.2) is 4.98 Å². The maximum atomic E-state index is 12.6. The van der Waals surface area contributed by atoms with Crippen molar-refractivity contribution >= 4 is 28.9 Å². The van der Waals surface area contributed by atoms with Crippen molar-refractivity contribution in [1.29, 1.82) is 0 Å². The lowest BCUT2D eigenvalue weighted by Gasteiger charge is -2.35. The Bertz CT molecular complexity index is 659. The van der Waals surface area contributed by atoms with Crippen molar-refractivity contribution in [3.05, 3.63) is 53.3 Å². The molecule has 5 heteroatoms. The van der Waals surface area contributed by atoms with Crippen molar-refractivity contribution < 1.29 is 4.79 Å². The zero-order chi connectivity index (χ0) is 14.1. The molecule has 102 valence electrons. The Labute approximate surface area is 122 Å². The number of hydrogen-bond acceptors (Lipinski definition) is 3. The molecule has 0 saturated heterocycles. The molecule has 0 spiro atoms. The van der Waals surface area contributed by atoms with Gasteiger partial charge < -0.3 is 9.80 Å². The first-order valence-electron chi connectivity index (χ1n) is 6.41. The highest BCUT2D eigenvalue weighted by Gasteiger charge is 2.26. The summed E-state index contributed by atoms with van der Waals surface area (Å²) in [5.41, 5.74) is 2.33. The molecule has 1 amide bonds. The molecule has 2 heterocycles. The van der Waals surface area contributed by atoms with E-state index in [1.54, 1.807) is 23.1 Å². The third kappa shape index (κ3) is 2.23. The highest BCUT2D eigenvalue weighted by molar-refractivity contribution is 6.29. The molecule has 0 unspecified atom stereocenters. The van der Waals surface area contributed by atoms with Gasteiger partial charge in [0.2, 0.25) is 0 Å². The zero-order valence-electron chi connectivity index (χ0n) is 11.1. The molecule has 0 saturated carbocycles. The standard InChI is InChI=1S/C15H14ClN3O/c1-18-9-10-19(13-7-3-2-6-12(13)18)15(20)11-5-4-8-14(16)17-11/h2-8H,9-10H2,1H3. The van der Waals surface area contributed by atoms with E-state index in [0.717, 1.165) is 17.9 Å². The van der Waals surface area contributed by atoms with Gasteiger partial charge in [-0.2, -0.15) is 0 Å². The Morgan fingerprint density at radius 2 is 1.85 bits per heavy atom. The van der Waals surface area contributed by atoms with Crippen LogP contribution >= 0.6 is 11.6 Å². The van der Waals surface area contributed by atoms with Gasteiger partial charge in [-0.1, -0.05) is 29.8 Å². The Morgan fingerprint density at radius 3 is 2.60 bits per heavy atom. The second-order valence-corrected chi connectivity index (χ2v) is 5.10. The van der Waals surface area contributed by atoms with E-state index in [1.807, 2.05) is 31.3 Å². The van der Waals surface area contributed by atoms with Crippen LogP contribution in [0.25, 0.3) is 0 Å². The summed E-state index contributed by atoms with van der Waals surface area (Å²) < 4.78 is 0. The van der Waals surface area contributed by atoms with Crippen molar-refractivity contribution in [3.63, 3.8) is 0 Å². The summed E-state index contributed by atoms with van der Waals surface area (Å²) >= 11 is 5.86. The molecule has 1 aliphatic rings. The SMILES string of the molecule is CN1CCN(C(=O)c2cccc(Cl)n2)c2ccccc21. The van der Waals surface area contributed by atoms with E-state index >= 15 is 0 Å². The van der Waals surface area contributed by atoms with E-state index in [9.17, 15) is 4.79 Å². The number of benzene rings is 1. The highest BCUT2D eigenvalue weighted by atomic mass is 35.5. The van der Waals surface area contributed by atoms with E-state index < -0.39 is 0 Å². The largest absolute Gasteiger partial charge is 0.371 e. The van der Waals surface area contributed by atoms with Gasteiger partial charge in [-0.05, 0) is 24.3 Å². The number of hydrogen-bond donors (Lipinski definition) is 0. The fraction of sp³-hybridized carbons (Fsp3) is 0.200. The fourth-order valence-corrected chi connectivity index (χ4v) is 2.55. The number of amides is 1. The number of aromatic nitrogens is 1. The molecule has 1 aromatic carbocycles. The van der Waals surface area contributed by atoms with Gasteiger partial charge >= 0.3 is 0 Å². The smallest absolute Gasteiger partial charge is 0.277 e. The van der Waals surface area contributed by atoms with Crippen LogP contribution in [0.2, 0.25) is 5.15 Å². The van der Waals surface area contributed by atoms with E-state index in [4.69, 9.17) is 11.6 Å². The molecule has 1 aliphatic heterocycles. The second kappa shape index (κ2) is 5.13. The van der Waals surface area contributed by atoms with Gasteiger partial charge in [-0.15, -0.1) is 0 Å². The molecule has 0 fully saturated rings. The Hall–Kier alpha value is -2.07. The van der Waals surface area contributed by atoms with Gasteiger partial charge in [0.05, 0.1) is 11.4 Å². The molecule has 0 radical (unpaired) electrons. The fourth-order valence-electron chi connectivity index (χ4n) is 2.38. The lowest BCUT2D eigenvalue weighted by atomic mass is 10.1. The average molecular weight is 288 g/mol. The number of likely N-dealkylation sites (N-methyl/N-ethyl adjacent to an activating group) is 1. The van der Waals surface area contributed by atoms with Crippen LogP contribution in [0, 0.1) is 0 Å². The van der Waals surface area contributed by atoms with Crippen molar-refractivity contribution in [2.75, 3.05) is 29.9 Å². The molecule has 20 heavy (non-hydrogen) atoms. The molecular formula is C15H14ClN3O. The van der Waals surface area contributed by atoms with E-state index in [2.05, 4.69) is 9.88 Å². The Morgan fingerprint density at radius 1 is 1.10 bits per heavy atom. The molecular weight excluding hydrogens is 274 g/mol. The number of carbonyl (C=O) groups is 1. The van der Waals surface area contributed by atoms with Gasteiger partial charge in [-0.3, -0.25) is 4.79 Å². The van der Waals surface area contributed by atoms with Crippen LogP contribution in [-0.4, -0.2) is 31.0 Å². The first kappa shape index (κ1) is 12.9. The number of fused-ring (bicyclic) bond motifs is 1. The third-order valence-corrected chi connectivity index (χ3v) is 3.63. The molecule has 0 atom stereocenters. The van der Waals surface area contributed by atoms with Crippen molar-refractivity contribution in [2.24, 2.45) is 0 Å². The lowest BCUT2D eigenvalue weighted by Crippen LogP contribution is -2.42. The quantitative estimate of drug-likeness (QED) is 0.757. The minimum Gasteiger partial charge on any atom is -0.371 e. The number of carbonyl (C=O) groups excluding carboxylic acids is 1. The summed E-state index contributed by atoms with van der Waals surface area (Å²) in [6.45, 7) is 1.43. The number of pyridine rings is 1. The molecule has 2 aromatic rings. The van der Waals surface area contributed by atoms with Crippen LogP contribution in [0.3, 0.4) is 0 Å². The summed E-state index contributed by atoms with van der Waals surface area (Å²) in [5, 5.41) is 0.332. The van der Waals surface area contributed by atoms with Crippen LogP contribution in [0.15, 0.2) is 42.5 Å². The molecule has 0 aliphatic carbocycles. The number of para-hydroxylation sites is 2. The van der Waals surface area contributed by atoms with Gasteiger partial charge in [0, 0.05) is 20.1 Å². The summed E-state index contributed by atoms with van der Waals surface area (Å²) in [6.07, 6.45) is 0. The van der Waals surface area contributed by atoms with Crippen molar-refractivity contribution in [3.8, 4) is 0 Å². The minimum atomic E-state index is -0.118. The monoisotopic (exact) mass is 287 g/mol. The van der Waals surface area contributed by atoms with E-state index in [0.29, 0.717) is 17.4 Å². The maximum Gasteiger partial charge on any atom is 0.277 e. The van der Waals surface area contributed by atoms with Crippen LogP contribution in [-0.2, 0) is 0 Å². The predicted molar refractivity (Wildman–Crippen MR) is 80.6 cm³/mol. The maximum absolute atomic E-state index is 12.6. The van der Waals surface area contributed by atoms with E-state index in [-0.39, 0.29) is 5.91 Å². The Kier molecular flexibility index (Phi) is 3.32. The van der Waals surface area contributed by atoms with Gasteiger partial charge in [0.15, 0.2) is 0 Å². The van der Waals surface area contributed by atoms with Crippen molar-refractivity contribution in [1.82, 2.24) is 4.98 Å². The van der Waals surface area contributed by atoms with Crippen LogP contribution in [0.1, 0.15) is 10.5 Å². The number of nitrogens with zero attached hydrogens (tertiary/aromatic N) is 3. The second-order valence-electron chi connectivity index (χ2n) is 4.71. The average Bonchev–Trinajstić information content (AvgIpc) is 2.47. The van der Waals surface area contributed by atoms with Gasteiger partial charge in [0.25, 0.3) is 5.91 Å². The minimum absolute atomic E-state index is 0.118. The summed E-state index contributed by atoms with van der Waals surface area (Å²) in [7, 11) is 2.03. The number of anilines is 2. The van der Waals surface area contributed by atoms with Crippen molar-refractivity contribution in [2.45, 2.75) is 0 Å². The zero-order valence-corrected chi connectivity index (χ0v) is 11.8. The molecule has 0 N–H and O–H groups in total. The van der Waals surface area contributed by atoms with Crippen LogP contribution in [0.5, 0.6) is 0 Å². The number of rotatable bonds is 1. The first-order valence-corrected chi connectivity index (χ1v) is 6.79. The topological polar surface area (TPSA) is 36.4 Å². The molecule has 1 aromatic heterocycles.